The Bertz CT molecular complexity index is 688. The minimum absolute atomic E-state index is 1.30. The maximum Gasteiger partial charge on any atom is 0.0784 e. The molecule has 0 amide bonds. The van der Waals surface area contributed by atoms with Crippen LogP contribution in [0.2, 0.25) is 0 Å². The smallest absolute Gasteiger partial charge is 0.0784 e. The molecule has 0 bridgehead atoms. The van der Waals surface area contributed by atoms with Crippen LogP contribution >= 0.6 is 0 Å². The van der Waals surface area contributed by atoms with Crippen molar-refractivity contribution in [2.24, 2.45) is 0 Å². The van der Waals surface area contributed by atoms with Gasteiger partial charge in [0.1, 0.15) is 0 Å². The Morgan fingerprint density at radius 3 is 0.571 bits per heavy atom. The van der Waals surface area contributed by atoms with Gasteiger partial charge in [0.15, 0.2) is 0 Å². The number of allylic oxidation sites excluding steroid dienone is 6. The van der Waals surface area contributed by atoms with Crippen molar-refractivity contribution in [2.45, 2.75) is 290 Å². The lowest BCUT2D eigenvalue weighted by Crippen LogP contribution is -2.46. The second-order valence-corrected chi connectivity index (χ2v) is 18.6. The summed E-state index contributed by atoms with van der Waals surface area (Å²) in [4.78, 5) is 0. The maximum atomic E-state index is 2.62. The highest BCUT2D eigenvalue weighted by Crippen LogP contribution is 2.18. The van der Waals surface area contributed by atoms with E-state index in [2.05, 4.69) is 64.3 Å². The molecule has 0 N–H and O–H groups in total. The highest BCUT2D eigenvalue weighted by Gasteiger charge is 2.20. The van der Waals surface area contributed by atoms with Gasteiger partial charge in [-0.2, -0.15) is 0 Å². The van der Waals surface area contributed by atoms with E-state index in [4.69, 9.17) is 0 Å². The average Bonchev–Trinajstić information content (AvgIpc) is 3.20. The number of rotatable bonds is 48. The molecule has 0 aromatic rings. The van der Waals surface area contributed by atoms with Gasteiger partial charge in [0.2, 0.25) is 0 Å². The zero-order valence-electron chi connectivity index (χ0n) is 39.7. The summed E-state index contributed by atoms with van der Waals surface area (Å²) >= 11 is 0. The molecule has 0 spiro atoms. The van der Waals surface area contributed by atoms with Crippen molar-refractivity contribution in [3.05, 3.63) is 36.5 Å². The van der Waals surface area contributed by atoms with E-state index < -0.39 is 0 Å². The third-order valence-electron chi connectivity index (χ3n) is 12.6. The molecule has 0 saturated heterocycles. The number of quaternary nitrogens is 1. The van der Waals surface area contributed by atoms with Crippen molar-refractivity contribution in [1.29, 1.82) is 0 Å². The first-order valence-corrected chi connectivity index (χ1v) is 26.5. The Labute approximate surface area is 356 Å². The number of hydrogen-bond donors (Lipinski definition) is 0. The van der Waals surface area contributed by atoms with Gasteiger partial charge in [-0.1, -0.05) is 211 Å². The Balaban J connectivity index is 4.19. The van der Waals surface area contributed by atoms with Gasteiger partial charge < -0.3 is 4.48 Å². The van der Waals surface area contributed by atoms with E-state index in [0.717, 1.165) is 0 Å². The molecule has 0 aromatic heterocycles. The van der Waals surface area contributed by atoms with E-state index in [-0.39, 0.29) is 0 Å². The maximum absolute atomic E-state index is 2.62. The predicted molar refractivity (Wildman–Crippen MR) is 259 cm³/mol. The van der Waals surface area contributed by atoms with Gasteiger partial charge in [0.25, 0.3) is 0 Å². The van der Waals surface area contributed by atoms with Crippen LogP contribution in [0.3, 0.4) is 0 Å². The van der Waals surface area contributed by atoms with Crippen LogP contribution in [0.5, 0.6) is 0 Å². The summed E-state index contributed by atoms with van der Waals surface area (Å²) in [6, 6.07) is 0. The Hall–Kier alpha value is -0.820. The van der Waals surface area contributed by atoms with Gasteiger partial charge >= 0.3 is 0 Å². The van der Waals surface area contributed by atoms with E-state index in [0.29, 0.717) is 0 Å². The van der Waals surface area contributed by atoms with E-state index in [9.17, 15) is 0 Å². The van der Waals surface area contributed by atoms with Crippen LogP contribution in [-0.2, 0) is 0 Å². The largest absolute Gasteiger partial charge is 0.326 e. The zero-order valence-corrected chi connectivity index (χ0v) is 39.7. The number of hydrogen-bond acceptors (Lipinski definition) is 0. The van der Waals surface area contributed by atoms with Crippen molar-refractivity contribution < 1.29 is 4.48 Å². The predicted octanol–water partition coefficient (Wildman–Crippen LogP) is 19.5. The fourth-order valence-electron chi connectivity index (χ4n) is 8.56. The van der Waals surface area contributed by atoms with Crippen LogP contribution < -0.4 is 0 Å². The minimum atomic E-state index is 1.30. The van der Waals surface area contributed by atoms with E-state index in [1.807, 2.05) is 0 Å². The van der Waals surface area contributed by atoms with Crippen LogP contribution in [0.4, 0.5) is 0 Å². The van der Waals surface area contributed by atoms with Crippen molar-refractivity contribution in [1.82, 2.24) is 0 Å². The lowest BCUT2D eigenvalue weighted by atomic mass is 10.1. The van der Waals surface area contributed by atoms with Crippen LogP contribution in [0.15, 0.2) is 36.5 Å². The highest BCUT2D eigenvalue weighted by atomic mass is 15.3. The first-order chi connectivity index (χ1) is 27.7. The molecule has 0 aliphatic rings. The molecule has 0 rings (SSSR count). The molecule has 0 aliphatic heterocycles. The molecule has 0 saturated carbocycles. The summed E-state index contributed by atoms with van der Waals surface area (Å²) in [7, 11) is 2.62. The molecule has 0 radical (unpaired) electrons. The first kappa shape index (κ1) is 55.2. The summed E-state index contributed by atoms with van der Waals surface area (Å²) in [5.41, 5.74) is 0. The van der Waals surface area contributed by atoms with Gasteiger partial charge in [-0.15, -0.1) is 0 Å². The molecule has 0 unspecified atom stereocenters. The molecule has 0 aromatic carbocycles. The average molecular weight is 783 g/mol. The molecule has 332 valence electrons. The lowest BCUT2D eigenvalue weighted by molar-refractivity contribution is -0.910. The van der Waals surface area contributed by atoms with Crippen molar-refractivity contribution in [3.63, 3.8) is 0 Å². The lowest BCUT2D eigenvalue weighted by Gasteiger charge is -2.35. The molecular weight excluding hydrogens is 675 g/mol. The summed E-state index contributed by atoms with van der Waals surface area (Å²) in [5.74, 6) is 0. The first-order valence-electron chi connectivity index (χ1n) is 26.5. The van der Waals surface area contributed by atoms with Gasteiger partial charge in [-0.3, -0.25) is 0 Å². The summed E-state index contributed by atoms with van der Waals surface area (Å²) in [6.07, 6.45) is 73.9. The molecule has 1 nitrogen and oxygen atoms in total. The van der Waals surface area contributed by atoms with Gasteiger partial charge in [0.05, 0.1) is 26.7 Å². The van der Waals surface area contributed by atoms with E-state index in [1.54, 1.807) is 0 Å². The molecule has 0 aliphatic carbocycles. The number of nitrogens with zero attached hydrogens (tertiary/aromatic N) is 1. The summed E-state index contributed by atoms with van der Waals surface area (Å²) in [5, 5.41) is 0. The second kappa shape index (κ2) is 48.5. The number of unbranched alkanes of at least 4 members (excludes halogenated alkanes) is 36. The summed E-state index contributed by atoms with van der Waals surface area (Å²) < 4.78 is 1.34. The fourth-order valence-corrected chi connectivity index (χ4v) is 8.56. The van der Waals surface area contributed by atoms with Gasteiger partial charge in [0, 0.05) is 0 Å². The van der Waals surface area contributed by atoms with Crippen LogP contribution in [0.25, 0.3) is 0 Å². The summed E-state index contributed by atoms with van der Waals surface area (Å²) in [6.45, 7) is 11.2. The van der Waals surface area contributed by atoms with E-state index in [1.165, 1.54) is 294 Å². The topological polar surface area (TPSA) is 0 Å². The Morgan fingerprint density at radius 1 is 0.214 bits per heavy atom. The van der Waals surface area contributed by atoms with Gasteiger partial charge in [-0.25, -0.2) is 0 Å². The van der Waals surface area contributed by atoms with Crippen LogP contribution in [0.1, 0.15) is 290 Å². The molecule has 0 atom stereocenters. The Morgan fingerprint density at radius 2 is 0.375 bits per heavy atom. The van der Waals surface area contributed by atoms with E-state index >= 15 is 0 Å². The standard InChI is InChI=1S/C55H108N/c1-5-8-11-14-17-20-23-26-29-32-35-38-41-44-47-50-53-56(4,54-51-48-45-42-39-36-33-30-27-24-21-18-15-12-9-6-2)55-52-49-46-43-40-37-34-31-28-25-22-19-16-13-10-7-3/h26-31H,5-25,32-55H2,1-4H3/q+1/b29-26-,30-27-,31-28-. The molecule has 0 fully saturated rings. The molecular formula is C55H108N+. The van der Waals surface area contributed by atoms with Gasteiger partial charge in [-0.05, 0) is 116 Å². The van der Waals surface area contributed by atoms with Crippen molar-refractivity contribution in [2.75, 3.05) is 26.7 Å². The quantitative estimate of drug-likeness (QED) is 0.0328. The normalized spacial score (nSPS) is 12.4. The molecule has 1 heteroatoms. The fraction of sp³-hybridized carbons (Fsp3) is 0.891. The second-order valence-electron chi connectivity index (χ2n) is 18.6. The van der Waals surface area contributed by atoms with Crippen molar-refractivity contribution >= 4 is 0 Å². The monoisotopic (exact) mass is 783 g/mol. The SMILES string of the molecule is CCCCCCCC/C=C\CCCCCCCC[N+](C)(CCCCCCCC/C=C\CCCCCCCC)CCCCCCCC/C=C\CCCCCCCC. The van der Waals surface area contributed by atoms with Crippen molar-refractivity contribution in [3.8, 4) is 0 Å². The molecule has 56 heavy (non-hydrogen) atoms. The van der Waals surface area contributed by atoms with Crippen LogP contribution in [-0.4, -0.2) is 31.2 Å². The molecule has 0 heterocycles. The highest BCUT2D eigenvalue weighted by molar-refractivity contribution is 4.82. The third-order valence-corrected chi connectivity index (χ3v) is 12.6. The third kappa shape index (κ3) is 45.9. The van der Waals surface area contributed by atoms with Crippen LogP contribution in [0, 0.1) is 0 Å². The Kier molecular flexibility index (Phi) is 47.8. The zero-order chi connectivity index (χ0) is 40.6. The minimum Gasteiger partial charge on any atom is -0.326 e.